The van der Waals surface area contributed by atoms with Crippen LogP contribution in [0.4, 0.5) is 10.1 Å². The summed E-state index contributed by atoms with van der Waals surface area (Å²) in [5.41, 5.74) is 6.52. The van der Waals surface area contributed by atoms with E-state index in [9.17, 15) is 14.0 Å². The first kappa shape index (κ1) is 15.3. The van der Waals surface area contributed by atoms with Crippen LogP contribution in [0, 0.1) is 12.7 Å². The highest BCUT2D eigenvalue weighted by Gasteiger charge is 2.24. The lowest BCUT2D eigenvalue weighted by Gasteiger charge is -2.21. The van der Waals surface area contributed by atoms with Gasteiger partial charge in [0.05, 0.1) is 6.42 Å². The minimum Gasteiger partial charge on any atom is -0.373 e. The Labute approximate surface area is 123 Å². The summed E-state index contributed by atoms with van der Waals surface area (Å²) in [6, 6.07) is 3.54. The largest absolute Gasteiger partial charge is 0.373 e. The Balaban J connectivity index is 2.04. The molecule has 21 heavy (non-hydrogen) atoms. The maximum absolute atomic E-state index is 13.4. The third-order valence-electron chi connectivity index (χ3n) is 3.56. The van der Waals surface area contributed by atoms with Crippen molar-refractivity contribution in [1.82, 2.24) is 4.90 Å². The van der Waals surface area contributed by atoms with E-state index in [1.807, 2.05) is 0 Å². The molecule has 0 saturated carbocycles. The van der Waals surface area contributed by atoms with Gasteiger partial charge in [-0.25, -0.2) is 4.39 Å². The fourth-order valence-electron chi connectivity index (χ4n) is 2.51. The summed E-state index contributed by atoms with van der Waals surface area (Å²) in [6.45, 7) is 3.20. The molecule has 2 rings (SSSR count). The first-order valence-electron chi connectivity index (χ1n) is 7.06. The van der Waals surface area contributed by atoms with Gasteiger partial charge in [-0.2, -0.15) is 0 Å². The summed E-state index contributed by atoms with van der Waals surface area (Å²) in [6.07, 6.45) is 1.97. The van der Waals surface area contributed by atoms with Gasteiger partial charge in [-0.3, -0.25) is 9.59 Å². The monoisotopic (exact) mass is 293 g/mol. The average Bonchev–Trinajstić information content (AvgIpc) is 2.90. The van der Waals surface area contributed by atoms with Gasteiger partial charge in [-0.05, 0) is 43.5 Å². The molecule has 0 bridgehead atoms. The van der Waals surface area contributed by atoms with E-state index in [1.165, 1.54) is 12.1 Å². The molecule has 114 valence electrons. The van der Waals surface area contributed by atoms with Crippen LogP contribution in [0.5, 0.6) is 0 Å². The summed E-state index contributed by atoms with van der Waals surface area (Å²) in [4.78, 5) is 25.3. The molecule has 1 aliphatic rings. The van der Waals surface area contributed by atoms with E-state index >= 15 is 0 Å². The zero-order chi connectivity index (χ0) is 15.4. The van der Waals surface area contributed by atoms with Crippen molar-refractivity contribution >= 4 is 17.5 Å². The van der Waals surface area contributed by atoms with Crippen molar-refractivity contribution in [2.24, 2.45) is 5.73 Å². The molecule has 1 saturated heterocycles. The average molecular weight is 293 g/mol. The fourth-order valence-corrected chi connectivity index (χ4v) is 2.51. The number of aryl methyl sites for hydroxylation is 1. The molecule has 0 radical (unpaired) electrons. The summed E-state index contributed by atoms with van der Waals surface area (Å²) in [5, 5.41) is 2.85. The molecule has 0 aliphatic carbocycles. The molecule has 6 heteroatoms. The second-order valence-electron chi connectivity index (χ2n) is 5.41. The number of primary amides is 1. The number of carbonyl (C=O) groups is 2. The number of carbonyl (C=O) groups excluding carboxylic acids is 2. The molecule has 1 heterocycles. The van der Waals surface area contributed by atoms with Crippen molar-refractivity contribution in [2.75, 3.05) is 18.4 Å². The topological polar surface area (TPSA) is 75.4 Å². The predicted octanol–water partition coefficient (Wildman–Crippen LogP) is 1.41. The Hall–Kier alpha value is -2.11. The minimum absolute atomic E-state index is 0.00903. The number of hydrogen-bond donors (Lipinski definition) is 2. The molecule has 1 aromatic carbocycles. The van der Waals surface area contributed by atoms with Crippen molar-refractivity contribution in [3.8, 4) is 0 Å². The Kier molecular flexibility index (Phi) is 4.77. The van der Waals surface area contributed by atoms with Gasteiger partial charge in [0.1, 0.15) is 11.9 Å². The number of amides is 2. The van der Waals surface area contributed by atoms with Crippen LogP contribution in [0.25, 0.3) is 0 Å². The van der Waals surface area contributed by atoms with Crippen molar-refractivity contribution in [1.29, 1.82) is 0 Å². The second kappa shape index (κ2) is 6.56. The van der Waals surface area contributed by atoms with Crippen molar-refractivity contribution in [3.05, 3.63) is 29.6 Å². The normalized spacial score (nSPS) is 15.8. The zero-order valence-electron chi connectivity index (χ0n) is 12.1. The number of benzene rings is 1. The maximum atomic E-state index is 13.4. The van der Waals surface area contributed by atoms with Gasteiger partial charge in [-0.1, -0.05) is 0 Å². The molecule has 1 unspecified atom stereocenters. The standard InChI is InChI=1S/C15H20FN3O2/c1-10-6-11(16)8-12(7-10)18-13(15(17)21)9-14(20)19-4-2-3-5-19/h6-8,13,18H,2-5,9H2,1H3,(H2,17,21). The van der Waals surface area contributed by atoms with E-state index in [4.69, 9.17) is 5.73 Å². The van der Waals surface area contributed by atoms with Crippen LogP contribution in [-0.4, -0.2) is 35.8 Å². The number of nitrogens with zero attached hydrogens (tertiary/aromatic N) is 1. The van der Waals surface area contributed by atoms with Crippen LogP contribution in [0.2, 0.25) is 0 Å². The van der Waals surface area contributed by atoms with Crippen LogP contribution in [0.3, 0.4) is 0 Å². The van der Waals surface area contributed by atoms with E-state index in [0.29, 0.717) is 5.69 Å². The lowest BCUT2D eigenvalue weighted by molar-refractivity contribution is -0.132. The highest BCUT2D eigenvalue weighted by atomic mass is 19.1. The molecule has 5 nitrogen and oxygen atoms in total. The summed E-state index contributed by atoms with van der Waals surface area (Å²) in [7, 11) is 0. The molecule has 0 spiro atoms. The number of halogens is 1. The van der Waals surface area contributed by atoms with Crippen LogP contribution in [0.1, 0.15) is 24.8 Å². The number of anilines is 1. The lowest BCUT2D eigenvalue weighted by atomic mass is 10.1. The Morgan fingerprint density at radius 1 is 1.33 bits per heavy atom. The molecule has 1 aromatic rings. The smallest absolute Gasteiger partial charge is 0.240 e. The fraction of sp³-hybridized carbons (Fsp3) is 0.467. The Morgan fingerprint density at radius 3 is 2.57 bits per heavy atom. The van der Waals surface area contributed by atoms with Gasteiger partial charge in [0.25, 0.3) is 0 Å². The molecule has 3 N–H and O–H groups in total. The number of hydrogen-bond acceptors (Lipinski definition) is 3. The third kappa shape index (κ3) is 4.18. The predicted molar refractivity (Wildman–Crippen MR) is 78.2 cm³/mol. The molecule has 1 atom stereocenters. The highest BCUT2D eigenvalue weighted by molar-refractivity contribution is 5.89. The van der Waals surface area contributed by atoms with E-state index in [0.717, 1.165) is 31.5 Å². The number of likely N-dealkylation sites (tertiary alicyclic amines) is 1. The quantitative estimate of drug-likeness (QED) is 0.862. The minimum atomic E-state index is -0.834. The van der Waals surface area contributed by atoms with Gasteiger partial charge in [-0.15, -0.1) is 0 Å². The third-order valence-corrected chi connectivity index (χ3v) is 3.56. The molecular formula is C15H20FN3O2. The molecule has 0 aromatic heterocycles. The Morgan fingerprint density at radius 2 is 2.00 bits per heavy atom. The SMILES string of the molecule is Cc1cc(F)cc(NC(CC(=O)N2CCCC2)C(N)=O)c1. The van der Waals surface area contributed by atoms with Crippen LogP contribution in [-0.2, 0) is 9.59 Å². The molecule has 2 amide bonds. The van der Waals surface area contributed by atoms with Crippen LogP contribution >= 0.6 is 0 Å². The summed E-state index contributed by atoms with van der Waals surface area (Å²) >= 11 is 0. The molecule has 1 fully saturated rings. The number of nitrogens with two attached hydrogens (primary N) is 1. The van der Waals surface area contributed by atoms with Gasteiger partial charge in [0.2, 0.25) is 11.8 Å². The maximum Gasteiger partial charge on any atom is 0.240 e. The van der Waals surface area contributed by atoms with Crippen LogP contribution in [0.15, 0.2) is 18.2 Å². The first-order valence-corrected chi connectivity index (χ1v) is 7.06. The van der Waals surface area contributed by atoms with Crippen molar-refractivity contribution < 1.29 is 14.0 Å². The lowest BCUT2D eigenvalue weighted by Crippen LogP contribution is -2.41. The number of rotatable bonds is 5. The van der Waals surface area contributed by atoms with Gasteiger partial charge in [0, 0.05) is 18.8 Å². The first-order chi connectivity index (χ1) is 9.95. The van der Waals surface area contributed by atoms with Crippen LogP contribution < -0.4 is 11.1 Å². The van der Waals surface area contributed by atoms with Gasteiger partial charge < -0.3 is 16.0 Å². The van der Waals surface area contributed by atoms with Gasteiger partial charge in [0.15, 0.2) is 0 Å². The van der Waals surface area contributed by atoms with E-state index < -0.39 is 17.8 Å². The highest BCUT2D eigenvalue weighted by Crippen LogP contribution is 2.16. The van der Waals surface area contributed by atoms with E-state index in [2.05, 4.69) is 5.32 Å². The molecular weight excluding hydrogens is 273 g/mol. The summed E-state index contributed by atoms with van der Waals surface area (Å²) < 4.78 is 13.4. The van der Waals surface area contributed by atoms with E-state index in [1.54, 1.807) is 17.9 Å². The molecule has 1 aliphatic heterocycles. The van der Waals surface area contributed by atoms with Crippen molar-refractivity contribution in [3.63, 3.8) is 0 Å². The van der Waals surface area contributed by atoms with E-state index in [-0.39, 0.29) is 12.3 Å². The summed E-state index contributed by atoms with van der Waals surface area (Å²) in [5.74, 6) is -1.12. The van der Waals surface area contributed by atoms with Crippen molar-refractivity contribution in [2.45, 2.75) is 32.2 Å². The second-order valence-corrected chi connectivity index (χ2v) is 5.41. The van der Waals surface area contributed by atoms with Gasteiger partial charge >= 0.3 is 0 Å². The number of nitrogens with one attached hydrogen (secondary N) is 1. The Bertz CT molecular complexity index is 521. The zero-order valence-corrected chi connectivity index (χ0v) is 12.1.